The average molecular weight is 207 g/mol. The number of aliphatic carboxylic acids is 2. The van der Waals surface area contributed by atoms with E-state index in [9.17, 15) is 9.59 Å². The fraction of sp³-hybridized carbons (Fsp3) is 0.250. The topological polar surface area (TPSA) is 74.6 Å². The maximum Gasteiger partial charge on any atom is 0.331 e. The van der Waals surface area contributed by atoms with Crippen LogP contribution < -0.4 is 0 Å². The van der Waals surface area contributed by atoms with Gasteiger partial charge in [0.15, 0.2) is 0 Å². The SMILES string of the molecule is C=C(CC(=O)O)C(=O)O.C=CCCl. The lowest BCUT2D eigenvalue weighted by Gasteiger charge is -1.91. The zero-order valence-corrected chi connectivity index (χ0v) is 7.75. The summed E-state index contributed by atoms with van der Waals surface area (Å²) in [5, 5.41) is 16.1. The van der Waals surface area contributed by atoms with Crippen LogP contribution in [0.15, 0.2) is 24.8 Å². The summed E-state index contributed by atoms with van der Waals surface area (Å²) in [5.41, 5.74) is -0.303. The van der Waals surface area contributed by atoms with Crippen LogP contribution in [0.2, 0.25) is 0 Å². The van der Waals surface area contributed by atoms with Crippen LogP contribution >= 0.6 is 11.6 Å². The number of carboxylic acids is 2. The summed E-state index contributed by atoms with van der Waals surface area (Å²) in [6.07, 6.45) is 1.14. The molecule has 0 aromatic rings. The molecule has 0 aliphatic heterocycles. The van der Waals surface area contributed by atoms with E-state index < -0.39 is 18.4 Å². The molecule has 0 fully saturated rings. The number of allylic oxidation sites excluding steroid dienone is 1. The predicted molar refractivity (Wildman–Crippen MR) is 49.9 cm³/mol. The minimum absolute atomic E-state index is 0.303. The van der Waals surface area contributed by atoms with Crippen molar-refractivity contribution in [1.29, 1.82) is 0 Å². The van der Waals surface area contributed by atoms with Gasteiger partial charge in [0.05, 0.1) is 6.42 Å². The Morgan fingerprint density at radius 1 is 1.38 bits per heavy atom. The van der Waals surface area contributed by atoms with Gasteiger partial charge in [-0.1, -0.05) is 12.7 Å². The Morgan fingerprint density at radius 2 is 1.77 bits per heavy atom. The lowest BCUT2D eigenvalue weighted by atomic mass is 10.2. The van der Waals surface area contributed by atoms with Gasteiger partial charge in [-0.2, -0.15) is 0 Å². The Balaban J connectivity index is 0. The smallest absolute Gasteiger partial charge is 0.331 e. The molecule has 5 heteroatoms. The second-order valence-corrected chi connectivity index (χ2v) is 2.23. The molecule has 2 N–H and O–H groups in total. The third kappa shape index (κ3) is 13.7. The highest BCUT2D eigenvalue weighted by Crippen LogP contribution is 1.95. The van der Waals surface area contributed by atoms with Crippen molar-refractivity contribution in [3.63, 3.8) is 0 Å². The van der Waals surface area contributed by atoms with Crippen LogP contribution in [-0.2, 0) is 9.59 Å². The summed E-state index contributed by atoms with van der Waals surface area (Å²) >= 11 is 5.07. The van der Waals surface area contributed by atoms with Gasteiger partial charge in [0, 0.05) is 11.5 Å². The minimum Gasteiger partial charge on any atom is -0.481 e. The van der Waals surface area contributed by atoms with Crippen molar-refractivity contribution in [3.8, 4) is 0 Å². The molecule has 0 aromatic carbocycles. The molecule has 0 unspecified atom stereocenters. The number of hydrogen-bond donors (Lipinski definition) is 2. The van der Waals surface area contributed by atoms with Gasteiger partial charge >= 0.3 is 11.9 Å². The molecule has 0 saturated carbocycles. The number of hydrogen-bond acceptors (Lipinski definition) is 2. The number of carbonyl (C=O) groups is 2. The average Bonchev–Trinajstić information content (AvgIpc) is 2.03. The fourth-order valence-corrected chi connectivity index (χ4v) is 0.258. The Bertz CT molecular complexity index is 210. The monoisotopic (exact) mass is 206 g/mol. The van der Waals surface area contributed by atoms with Crippen LogP contribution in [0, 0.1) is 0 Å². The summed E-state index contributed by atoms with van der Waals surface area (Å²) in [7, 11) is 0. The van der Waals surface area contributed by atoms with Gasteiger partial charge in [-0.25, -0.2) is 4.79 Å². The van der Waals surface area contributed by atoms with E-state index in [1.807, 2.05) is 0 Å². The van der Waals surface area contributed by atoms with Crippen molar-refractivity contribution in [2.45, 2.75) is 6.42 Å². The minimum atomic E-state index is -1.27. The van der Waals surface area contributed by atoms with Gasteiger partial charge in [-0.15, -0.1) is 18.2 Å². The first-order chi connectivity index (χ1) is 5.95. The van der Waals surface area contributed by atoms with Crippen LogP contribution in [0.5, 0.6) is 0 Å². The molecule has 0 atom stereocenters. The molecule has 0 aromatic heterocycles. The van der Waals surface area contributed by atoms with E-state index in [0.29, 0.717) is 5.88 Å². The highest BCUT2D eigenvalue weighted by molar-refractivity contribution is 6.18. The highest BCUT2D eigenvalue weighted by Gasteiger charge is 2.07. The summed E-state index contributed by atoms with van der Waals surface area (Å²) in [6.45, 7) is 6.36. The van der Waals surface area contributed by atoms with E-state index in [1.54, 1.807) is 6.08 Å². The zero-order chi connectivity index (χ0) is 10.9. The van der Waals surface area contributed by atoms with Crippen molar-refractivity contribution >= 4 is 23.5 Å². The highest BCUT2D eigenvalue weighted by atomic mass is 35.5. The first-order valence-electron chi connectivity index (χ1n) is 3.25. The number of rotatable bonds is 4. The van der Waals surface area contributed by atoms with E-state index >= 15 is 0 Å². The van der Waals surface area contributed by atoms with E-state index in [4.69, 9.17) is 21.8 Å². The van der Waals surface area contributed by atoms with Gasteiger partial charge in [0.25, 0.3) is 0 Å². The summed E-state index contributed by atoms with van der Waals surface area (Å²) in [6, 6.07) is 0. The third-order valence-corrected chi connectivity index (χ3v) is 0.994. The van der Waals surface area contributed by atoms with Crippen LogP contribution in [0.25, 0.3) is 0 Å². The standard InChI is InChI=1S/C5H6O4.C3H5Cl/c1-3(5(8)9)2-4(6)7;1-2-3-4/h1-2H2,(H,6,7)(H,8,9);2H,1,3H2. The predicted octanol–water partition coefficient (Wildman–Crippen LogP) is 1.51. The van der Waals surface area contributed by atoms with E-state index in [2.05, 4.69) is 13.2 Å². The number of alkyl halides is 1. The lowest BCUT2D eigenvalue weighted by Crippen LogP contribution is -2.04. The molecular formula is C8H11ClO4. The van der Waals surface area contributed by atoms with E-state index in [0.717, 1.165) is 0 Å². The largest absolute Gasteiger partial charge is 0.481 e. The second-order valence-electron chi connectivity index (χ2n) is 1.92. The molecule has 0 heterocycles. The first kappa shape index (κ1) is 14.2. The number of halogens is 1. The molecule has 4 nitrogen and oxygen atoms in total. The normalized spacial score (nSPS) is 7.77. The Kier molecular flexibility index (Phi) is 9.65. The quantitative estimate of drug-likeness (QED) is 0.415. The molecule has 0 aliphatic carbocycles. The fourth-order valence-electron chi connectivity index (χ4n) is 0.258. The van der Waals surface area contributed by atoms with Crippen molar-refractivity contribution in [1.82, 2.24) is 0 Å². The Morgan fingerprint density at radius 3 is 1.85 bits per heavy atom. The molecule has 0 radical (unpaired) electrons. The maximum absolute atomic E-state index is 9.87. The number of carboxylic acid groups (broad SMARTS) is 2. The zero-order valence-electron chi connectivity index (χ0n) is 6.99. The third-order valence-electron chi connectivity index (χ3n) is 0.776. The second kappa shape index (κ2) is 8.80. The van der Waals surface area contributed by atoms with Crippen LogP contribution in [0.1, 0.15) is 6.42 Å². The van der Waals surface area contributed by atoms with Gasteiger partial charge in [-0.05, 0) is 0 Å². The van der Waals surface area contributed by atoms with Gasteiger partial charge in [-0.3, -0.25) is 4.79 Å². The molecule has 0 saturated heterocycles. The Hall–Kier alpha value is -1.29. The van der Waals surface area contributed by atoms with Gasteiger partial charge < -0.3 is 10.2 Å². The molecule has 13 heavy (non-hydrogen) atoms. The molecule has 74 valence electrons. The summed E-state index contributed by atoms with van der Waals surface area (Å²) in [5.74, 6) is -1.89. The van der Waals surface area contributed by atoms with Crippen LogP contribution in [0.4, 0.5) is 0 Å². The molecule has 0 aliphatic rings. The molecule has 0 spiro atoms. The van der Waals surface area contributed by atoms with Crippen molar-refractivity contribution in [2.75, 3.05) is 5.88 Å². The van der Waals surface area contributed by atoms with Gasteiger partial charge in [0.2, 0.25) is 0 Å². The van der Waals surface area contributed by atoms with Crippen LogP contribution in [-0.4, -0.2) is 28.0 Å². The molecule has 0 amide bonds. The maximum atomic E-state index is 9.87. The van der Waals surface area contributed by atoms with Crippen molar-refractivity contribution < 1.29 is 19.8 Å². The van der Waals surface area contributed by atoms with Gasteiger partial charge in [0.1, 0.15) is 0 Å². The van der Waals surface area contributed by atoms with E-state index in [-0.39, 0.29) is 5.57 Å². The summed E-state index contributed by atoms with van der Waals surface area (Å²) in [4.78, 5) is 19.7. The first-order valence-corrected chi connectivity index (χ1v) is 3.78. The van der Waals surface area contributed by atoms with Crippen molar-refractivity contribution in [3.05, 3.63) is 24.8 Å². The molecule has 0 bridgehead atoms. The lowest BCUT2D eigenvalue weighted by molar-refractivity contribution is -0.139. The molecule has 0 rings (SSSR count). The molecular weight excluding hydrogens is 196 g/mol. The van der Waals surface area contributed by atoms with E-state index in [1.165, 1.54) is 0 Å². The van der Waals surface area contributed by atoms with Crippen LogP contribution in [0.3, 0.4) is 0 Å². The summed E-state index contributed by atoms with van der Waals surface area (Å²) < 4.78 is 0. The Labute approximate surface area is 81.1 Å². The van der Waals surface area contributed by atoms with Crippen molar-refractivity contribution in [2.24, 2.45) is 0 Å².